The molecule has 0 bridgehead atoms. The maximum absolute atomic E-state index is 12.5. The van der Waals surface area contributed by atoms with E-state index < -0.39 is 5.92 Å². The third-order valence-corrected chi connectivity index (χ3v) is 3.52. The molecule has 2 unspecified atom stereocenters. The van der Waals surface area contributed by atoms with Crippen molar-refractivity contribution in [3.63, 3.8) is 0 Å². The number of carbonyl (C=O) groups excluding carboxylic acids is 1. The summed E-state index contributed by atoms with van der Waals surface area (Å²) in [5.74, 6) is -0.578. The fourth-order valence-corrected chi connectivity index (χ4v) is 2.54. The van der Waals surface area contributed by atoms with Gasteiger partial charge in [-0.25, -0.2) is 0 Å². The zero-order valence-corrected chi connectivity index (χ0v) is 11.1. The number of rotatable bonds is 2. The van der Waals surface area contributed by atoms with Crippen molar-refractivity contribution in [2.24, 2.45) is 11.8 Å². The van der Waals surface area contributed by atoms with Gasteiger partial charge < -0.3 is 4.90 Å². The molecule has 0 saturated carbocycles. The van der Waals surface area contributed by atoms with Crippen LogP contribution in [-0.2, 0) is 11.2 Å². The number of para-hydroxylation sites is 1. The Hall–Kier alpha value is -1.82. The molecule has 1 aromatic carbocycles. The Morgan fingerprint density at radius 3 is 2.72 bits per heavy atom. The minimum Gasteiger partial charge on any atom is -0.308 e. The molecular formula is C15H18N2O. The highest BCUT2D eigenvalue weighted by Gasteiger charge is 2.35. The molecule has 1 aliphatic heterocycles. The van der Waals surface area contributed by atoms with Crippen molar-refractivity contribution in [1.29, 1.82) is 5.26 Å². The molecule has 1 amide bonds. The third-order valence-electron chi connectivity index (χ3n) is 3.52. The number of amides is 1. The second-order valence-corrected chi connectivity index (χ2v) is 5.24. The first-order chi connectivity index (χ1) is 8.56. The van der Waals surface area contributed by atoms with E-state index in [9.17, 15) is 4.79 Å². The van der Waals surface area contributed by atoms with E-state index in [2.05, 4.69) is 12.1 Å². The van der Waals surface area contributed by atoms with Gasteiger partial charge in [-0.3, -0.25) is 4.79 Å². The molecule has 2 atom stereocenters. The summed E-state index contributed by atoms with van der Waals surface area (Å²) >= 11 is 0. The second-order valence-electron chi connectivity index (χ2n) is 5.24. The Labute approximate surface area is 108 Å². The van der Waals surface area contributed by atoms with Crippen LogP contribution in [0.2, 0.25) is 0 Å². The molecule has 0 fully saturated rings. The van der Waals surface area contributed by atoms with E-state index in [1.54, 1.807) is 4.90 Å². The molecule has 2 rings (SSSR count). The highest BCUT2D eigenvalue weighted by Crippen LogP contribution is 2.33. The summed E-state index contributed by atoms with van der Waals surface area (Å²) in [6.45, 7) is 5.86. The number of fused-ring (bicyclic) bond motifs is 1. The van der Waals surface area contributed by atoms with Crippen molar-refractivity contribution in [2.45, 2.75) is 33.2 Å². The van der Waals surface area contributed by atoms with E-state index in [0.29, 0.717) is 0 Å². The van der Waals surface area contributed by atoms with Crippen LogP contribution in [0.5, 0.6) is 0 Å². The van der Waals surface area contributed by atoms with E-state index in [0.717, 1.165) is 12.1 Å². The van der Waals surface area contributed by atoms with Gasteiger partial charge in [0.05, 0.1) is 6.07 Å². The first-order valence-electron chi connectivity index (χ1n) is 6.37. The lowest BCUT2D eigenvalue weighted by molar-refractivity contribution is -0.122. The quantitative estimate of drug-likeness (QED) is 0.800. The Balaban J connectivity index is 2.34. The molecule has 0 saturated heterocycles. The number of hydrogen-bond donors (Lipinski definition) is 0. The fraction of sp³-hybridized carbons (Fsp3) is 0.467. The lowest BCUT2D eigenvalue weighted by Gasteiger charge is -2.26. The van der Waals surface area contributed by atoms with Crippen LogP contribution in [0.25, 0.3) is 0 Å². The molecule has 1 heterocycles. The lowest BCUT2D eigenvalue weighted by Crippen LogP contribution is -2.41. The summed E-state index contributed by atoms with van der Waals surface area (Å²) in [5, 5.41) is 9.16. The van der Waals surface area contributed by atoms with E-state index in [1.165, 1.54) is 5.56 Å². The van der Waals surface area contributed by atoms with Gasteiger partial charge >= 0.3 is 0 Å². The predicted octanol–water partition coefficient (Wildman–Crippen LogP) is 2.76. The van der Waals surface area contributed by atoms with Gasteiger partial charge in [0.1, 0.15) is 5.92 Å². The van der Waals surface area contributed by atoms with Crippen LogP contribution in [0.15, 0.2) is 24.3 Å². The molecular weight excluding hydrogens is 224 g/mol. The largest absolute Gasteiger partial charge is 0.308 e. The number of hydrogen-bond acceptors (Lipinski definition) is 2. The molecule has 0 radical (unpaired) electrons. The van der Waals surface area contributed by atoms with Crippen molar-refractivity contribution in [3.8, 4) is 6.07 Å². The molecule has 1 aromatic rings. The van der Waals surface area contributed by atoms with Gasteiger partial charge in [-0.2, -0.15) is 5.26 Å². The highest BCUT2D eigenvalue weighted by atomic mass is 16.2. The van der Waals surface area contributed by atoms with Gasteiger partial charge in [0.2, 0.25) is 5.91 Å². The molecule has 18 heavy (non-hydrogen) atoms. The van der Waals surface area contributed by atoms with Gasteiger partial charge in [0, 0.05) is 11.7 Å². The van der Waals surface area contributed by atoms with Crippen molar-refractivity contribution < 1.29 is 4.79 Å². The zero-order chi connectivity index (χ0) is 13.3. The summed E-state index contributed by atoms with van der Waals surface area (Å²) in [4.78, 5) is 14.3. The van der Waals surface area contributed by atoms with E-state index in [4.69, 9.17) is 5.26 Å². The average Bonchev–Trinajstić information content (AvgIpc) is 2.64. The van der Waals surface area contributed by atoms with Crippen LogP contribution in [-0.4, -0.2) is 11.9 Å². The van der Waals surface area contributed by atoms with Crippen LogP contribution in [0, 0.1) is 23.2 Å². The van der Waals surface area contributed by atoms with Crippen molar-refractivity contribution in [2.75, 3.05) is 4.90 Å². The summed E-state index contributed by atoms with van der Waals surface area (Å²) < 4.78 is 0. The summed E-state index contributed by atoms with van der Waals surface area (Å²) in [5.41, 5.74) is 2.16. The average molecular weight is 242 g/mol. The van der Waals surface area contributed by atoms with Crippen molar-refractivity contribution in [3.05, 3.63) is 29.8 Å². The van der Waals surface area contributed by atoms with Gasteiger partial charge in [-0.1, -0.05) is 32.0 Å². The molecule has 3 nitrogen and oxygen atoms in total. The summed E-state index contributed by atoms with van der Waals surface area (Å²) in [7, 11) is 0. The van der Waals surface area contributed by atoms with Crippen LogP contribution in [0.3, 0.4) is 0 Å². The SMILES string of the molecule is CC(C)C(C#N)C(=O)N1c2ccccc2CC1C. The molecule has 3 heteroatoms. The van der Waals surface area contributed by atoms with Crippen LogP contribution >= 0.6 is 0 Å². The number of nitrogens with zero attached hydrogens (tertiary/aromatic N) is 2. The van der Waals surface area contributed by atoms with Crippen LogP contribution < -0.4 is 4.90 Å². The summed E-state index contributed by atoms with van der Waals surface area (Å²) in [6, 6.07) is 10.2. The topological polar surface area (TPSA) is 44.1 Å². The van der Waals surface area contributed by atoms with Gasteiger partial charge in [0.25, 0.3) is 0 Å². The number of anilines is 1. The highest BCUT2D eigenvalue weighted by molar-refractivity contribution is 5.99. The van der Waals surface area contributed by atoms with Crippen molar-refractivity contribution >= 4 is 11.6 Å². The molecule has 0 aromatic heterocycles. The van der Waals surface area contributed by atoms with Crippen LogP contribution in [0.1, 0.15) is 26.3 Å². The zero-order valence-electron chi connectivity index (χ0n) is 11.1. The maximum atomic E-state index is 12.5. The molecule has 1 aliphatic rings. The van der Waals surface area contributed by atoms with E-state index in [-0.39, 0.29) is 17.9 Å². The summed E-state index contributed by atoms with van der Waals surface area (Å²) in [6.07, 6.45) is 0.873. The smallest absolute Gasteiger partial charge is 0.244 e. The number of benzene rings is 1. The minimum absolute atomic E-state index is 0.0439. The Morgan fingerprint density at radius 2 is 2.11 bits per heavy atom. The lowest BCUT2D eigenvalue weighted by atomic mass is 9.95. The fourth-order valence-electron chi connectivity index (χ4n) is 2.54. The third kappa shape index (κ3) is 1.99. The number of carbonyl (C=O) groups is 1. The minimum atomic E-state index is -0.557. The monoisotopic (exact) mass is 242 g/mol. The van der Waals surface area contributed by atoms with Gasteiger partial charge in [-0.15, -0.1) is 0 Å². The molecule has 0 N–H and O–H groups in total. The first kappa shape index (κ1) is 12.6. The Kier molecular flexibility index (Phi) is 3.38. The van der Waals surface area contributed by atoms with Crippen LogP contribution in [0.4, 0.5) is 5.69 Å². The molecule has 0 spiro atoms. The van der Waals surface area contributed by atoms with Crippen molar-refractivity contribution in [1.82, 2.24) is 0 Å². The normalized spacial score (nSPS) is 19.5. The Bertz CT molecular complexity index is 501. The predicted molar refractivity (Wildman–Crippen MR) is 71.0 cm³/mol. The van der Waals surface area contributed by atoms with E-state index in [1.807, 2.05) is 39.0 Å². The molecule has 94 valence electrons. The van der Waals surface area contributed by atoms with Gasteiger partial charge in [-0.05, 0) is 30.9 Å². The maximum Gasteiger partial charge on any atom is 0.244 e. The standard InChI is InChI=1S/C15H18N2O/c1-10(2)13(9-16)15(18)17-11(3)8-12-6-4-5-7-14(12)17/h4-7,10-11,13H,8H2,1-3H3. The number of nitriles is 1. The molecule has 0 aliphatic carbocycles. The van der Waals surface area contributed by atoms with Gasteiger partial charge in [0.15, 0.2) is 0 Å². The Morgan fingerprint density at radius 1 is 1.44 bits per heavy atom. The van der Waals surface area contributed by atoms with E-state index >= 15 is 0 Å². The first-order valence-corrected chi connectivity index (χ1v) is 6.37. The second kappa shape index (κ2) is 4.81.